The summed E-state index contributed by atoms with van der Waals surface area (Å²) in [5.74, 6) is 0. The standard InChI is InChI=1S/C20H20N2O5S/c21-8-12-7-11-6-5-10-3-1-2-4-13(10)15(11)22(20(12)28)19-18(26)17(25)16(24)14(9-23)27-19/h1-4,7,14,16-19,23-26H,5-6,9H2/t14-,16-,17+,18-,19-/m1/s1. The summed E-state index contributed by atoms with van der Waals surface area (Å²) in [6.45, 7) is -0.536. The van der Waals surface area contributed by atoms with Gasteiger partial charge >= 0.3 is 0 Å². The van der Waals surface area contributed by atoms with E-state index in [2.05, 4.69) is 6.07 Å². The van der Waals surface area contributed by atoms with Gasteiger partial charge in [-0.05, 0) is 30.0 Å². The van der Waals surface area contributed by atoms with Gasteiger partial charge in [-0.2, -0.15) is 5.26 Å². The highest BCUT2D eigenvalue weighted by atomic mass is 32.1. The molecule has 1 fully saturated rings. The van der Waals surface area contributed by atoms with Crippen molar-refractivity contribution in [3.05, 3.63) is 51.7 Å². The number of hydrogen-bond donors (Lipinski definition) is 4. The maximum atomic E-state index is 10.6. The highest BCUT2D eigenvalue weighted by Gasteiger charge is 2.45. The molecule has 2 heterocycles. The third-order valence-corrected chi connectivity index (χ3v) is 5.91. The van der Waals surface area contributed by atoms with Crippen LogP contribution in [-0.2, 0) is 17.6 Å². The van der Waals surface area contributed by atoms with Crippen LogP contribution in [0.2, 0.25) is 0 Å². The maximum absolute atomic E-state index is 10.6. The second-order valence-electron chi connectivity index (χ2n) is 7.10. The van der Waals surface area contributed by atoms with E-state index in [9.17, 15) is 25.7 Å². The highest BCUT2D eigenvalue weighted by Crippen LogP contribution is 2.39. The van der Waals surface area contributed by atoms with Crippen molar-refractivity contribution in [1.29, 1.82) is 5.26 Å². The number of ether oxygens (including phenoxy) is 1. The molecule has 2 aliphatic rings. The van der Waals surface area contributed by atoms with Crippen LogP contribution >= 0.6 is 12.2 Å². The van der Waals surface area contributed by atoms with Gasteiger partial charge in [0.1, 0.15) is 35.1 Å². The van der Waals surface area contributed by atoms with Crippen LogP contribution in [0.25, 0.3) is 11.3 Å². The summed E-state index contributed by atoms with van der Waals surface area (Å²) in [5, 5.41) is 50.1. The minimum atomic E-state index is -1.53. The predicted molar refractivity (Wildman–Crippen MR) is 102 cm³/mol. The van der Waals surface area contributed by atoms with Crippen LogP contribution in [0, 0.1) is 16.0 Å². The van der Waals surface area contributed by atoms with E-state index in [4.69, 9.17) is 17.0 Å². The third kappa shape index (κ3) is 2.88. The van der Waals surface area contributed by atoms with Crippen molar-refractivity contribution in [2.75, 3.05) is 6.61 Å². The van der Waals surface area contributed by atoms with Gasteiger partial charge in [-0.25, -0.2) is 0 Å². The van der Waals surface area contributed by atoms with Gasteiger partial charge in [0.05, 0.1) is 17.9 Å². The van der Waals surface area contributed by atoms with Gasteiger partial charge < -0.3 is 29.7 Å². The van der Waals surface area contributed by atoms with Gasteiger partial charge in [-0.3, -0.25) is 0 Å². The van der Waals surface area contributed by atoms with Crippen LogP contribution in [0.3, 0.4) is 0 Å². The van der Waals surface area contributed by atoms with Crippen molar-refractivity contribution >= 4 is 12.2 Å². The van der Waals surface area contributed by atoms with Crippen molar-refractivity contribution in [2.24, 2.45) is 0 Å². The summed E-state index contributed by atoms with van der Waals surface area (Å²) in [6, 6.07) is 11.6. The minimum Gasteiger partial charge on any atom is -0.394 e. The molecule has 146 valence electrons. The molecule has 1 aromatic heterocycles. The van der Waals surface area contributed by atoms with Crippen LogP contribution in [0.5, 0.6) is 0 Å². The zero-order valence-electron chi connectivity index (χ0n) is 14.9. The van der Waals surface area contributed by atoms with Crippen LogP contribution in [0.4, 0.5) is 0 Å². The Morgan fingerprint density at radius 2 is 1.82 bits per heavy atom. The Balaban J connectivity index is 1.97. The van der Waals surface area contributed by atoms with Gasteiger partial charge in [0.25, 0.3) is 0 Å². The van der Waals surface area contributed by atoms with Crippen molar-refractivity contribution in [3.8, 4) is 17.3 Å². The topological polar surface area (TPSA) is 119 Å². The molecule has 7 nitrogen and oxygen atoms in total. The van der Waals surface area contributed by atoms with E-state index in [1.54, 1.807) is 10.6 Å². The SMILES string of the molecule is N#Cc1cc2c(n([C@@H]3O[C@H](CO)[C@@H](O)[C@H](O)[C@H]3O)c1=S)-c1ccccc1CC2. The van der Waals surface area contributed by atoms with E-state index in [0.717, 1.165) is 28.8 Å². The number of pyridine rings is 1. The normalized spacial score (nSPS) is 28.9. The predicted octanol–water partition coefficient (Wildman–Crippen LogP) is 0.827. The highest BCUT2D eigenvalue weighted by molar-refractivity contribution is 7.71. The van der Waals surface area contributed by atoms with Crippen LogP contribution in [-0.4, -0.2) is 56.0 Å². The molecular formula is C20H20N2O5S. The van der Waals surface area contributed by atoms with Gasteiger partial charge in [0.2, 0.25) is 0 Å². The fraction of sp³-hybridized carbons (Fsp3) is 0.400. The van der Waals surface area contributed by atoms with E-state index in [1.165, 1.54) is 0 Å². The number of fused-ring (bicyclic) bond motifs is 3. The second-order valence-corrected chi connectivity index (χ2v) is 7.48. The molecule has 1 saturated heterocycles. The fourth-order valence-corrected chi connectivity index (χ4v) is 4.34. The average molecular weight is 400 g/mol. The van der Waals surface area contributed by atoms with Gasteiger partial charge in [-0.1, -0.05) is 36.5 Å². The van der Waals surface area contributed by atoms with E-state index in [-0.39, 0.29) is 10.2 Å². The molecular weight excluding hydrogens is 380 g/mol. The van der Waals surface area contributed by atoms with Crippen molar-refractivity contribution < 1.29 is 25.2 Å². The van der Waals surface area contributed by atoms with Crippen LogP contribution < -0.4 is 0 Å². The molecule has 28 heavy (non-hydrogen) atoms. The molecule has 4 N–H and O–H groups in total. The number of nitrogens with zero attached hydrogens (tertiary/aromatic N) is 2. The molecule has 5 atom stereocenters. The molecule has 0 amide bonds. The van der Waals surface area contributed by atoms with Crippen molar-refractivity contribution in [2.45, 2.75) is 43.5 Å². The number of aryl methyl sites for hydroxylation is 2. The first-order valence-corrected chi connectivity index (χ1v) is 9.46. The van der Waals surface area contributed by atoms with E-state index in [0.29, 0.717) is 6.42 Å². The van der Waals surface area contributed by atoms with Crippen molar-refractivity contribution in [1.82, 2.24) is 4.57 Å². The van der Waals surface area contributed by atoms with E-state index >= 15 is 0 Å². The van der Waals surface area contributed by atoms with Crippen LogP contribution in [0.15, 0.2) is 30.3 Å². The lowest BCUT2D eigenvalue weighted by molar-refractivity contribution is -0.251. The summed E-state index contributed by atoms with van der Waals surface area (Å²) < 4.78 is 7.47. The molecule has 0 bridgehead atoms. The summed E-state index contributed by atoms with van der Waals surface area (Å²) in [4.78, 5) is 0. The number of aromatic nitrogens is 1. The third-order valence-electron chi connectivity index (χ3n) is 5.49. The smallest absolute Gasteiger partial charge is 0.164 e. The molecule has 4 rings (SSSR count). The summed E-state index contributed by atoms with van der Waals surface area (Å²) in [7, 11) is 0. The molecule has 2 aromatic rings. The largest absolute Gasteiger partial charge is 0.394 e. The lowest BCUT2D eigenvalue weighted by Gasteiger charge is -2.42. The Labute approximate surface area is 166 Å². The molecule has 0 saturated carbocycles. The zero-order chi connectivity index (χ0) is 20.0. The van der Waals surface area contributed by atoms with Gasteiger partial charge in [-0.15, -0.1) is 0 Å². The Kier molecular flexibility index (Phi) is 5.05. The number of aliphatic hydroxyl groups is 4. The zero-order valence-corrected chi connectivity index (χ0v) is 15.7. The molecule has 8 heteroatoms. The lowest BCUT2D eigenvalue weighted by Crippen LogP contribution is -2.56. The Hall–Kier alpha value is -2.12. The number of aliphatic hydroxyl groups excluding tert-OH is 4. The van der Waals surface area contributed by atoms with Crippen LogP contribution in [0.1, 0.15) is 22.9 Å². The molecule has 0 radical (unpaired) electrons. The monoisotopic (exact) mass is 400 g/mol. The summed E-state index contributed by atoms with van der Waals surface area (Å²) >= 11 is 5.53. The Bertz CT molecular complexity index is 1010. The molecule has 1 aromatic carbocycles. The lowest BCUT2D eigenvalue weighted by atomic mass is 9.87. The maximum Gasteiger partial charge on any atom is 0.164 e. The molecule has 1 aliphatic carbocycles. The quantitative estimate of drug-likeness (QED) is 0.551. The number of rotatable bonds is 2. The van der Waals surface area contributed by atoms with Crippen molar-refractivity contribution in [3.63, 3.8) is 0 Å². The first-order chi connectivity index (χ1) is 13.5. The molecule has 0 unspecified atom stereocenters. The summed E-state index contributed by atoms with van der Waals surface area (Å²) in [6.07, 6.45) is -5.21. The molecule has 1 aliphatic heterocycles. The average Bonchev–Trinajstić information content (AvgIpc) is 2.72. The second kappa shape index (κ2) is 7.37. The Morgan fingerprint density at radius 3 is 2.54 bits per heavy atom. The Morgan fingerprint density at radius 1 is 1.11 bits per heavy atom. The van der Waals surface area contributed by atoms with E-state index in [1.807, 2.05) is 24.3 Å². The number of nitriles is 1. The minimum absolute atomic E-state index is 0.169. The van der Waals surface area contributed by atoms with Gasteiger partial charge in [0.15, 0.2) is 6.23 Å². The molecule has 0 spiro atoms. The first kappa shape index (κ1) is 19.2. The van der Waals surface area contributed by atoms with Gasteiger partial charge in [0, 0.05) is 5.56 Å². The fourth-order valence-electron chi connectivity index (χ4n) is 4.04. The number of hydrogen-bond acceptors (Lipinski definition) is 7. The first-order valence-electron chi connectivity index (χ1n) is 9.05. The van der Waals surface area contributed by atoms with E-state index < -0.39 is 37.3 Å². The summed E-state index contributed by atoms with van der Waals surface area (Å²) in [5.41, 5.74) is 3.89. The number of benzene rings is 1.